The van der Waals surface area contributed by atoms with Crippen LogP contribution in [0, 0.1) is 6.92 Å². The molecule has 0 fully saturated rings. The summed E-state index contributed by atoms with van der Waals surface area (Å²) >= 11 is 5.91. The molecule has 0 spiro atoms. The Kier molecular flexibility index (Phi) is 5.98. The van der Waals surface area contributed by atoms with Gasteiger partial charge in [-0.3, -0.25) is 0 Å². The van der Waals surface area contributed by atoms with Crippen LogP contribution in [0.25, 0.3) is 0 Å². The molecular formula is C20H21ClN4O2. The molecule has 0 amide bonds. The average Bonchev–Trinajstić information content (AvgIpc) is 2.98. The maximum absolute atomic E-state index is 5.91. The quantitative estimate of drug-likeness (QED) is 0.616. The normalized spacial score (nSPS) is 11.1. The second-order valence-corrected chi connectivity index (χ2v) is 6.32. The number of hydrogen-bond acceptors (Lipinski definition) is 5. The Balaban J connectivity index is 1.75. The predicted molar refractivity (Wildman–Crippen MR) is 108 cm³/mol. The zero-order chi connectivity index (χ0) is 19.2. The Hall–Kier alpha value is -2.99. The number of benzene rings is 2. The lowest BCUT2D eigenvalue weighted by molar-refractivity contribution is 0.269. The van der Waals surface area contributed by atoms with Gasteiger partial charge in [0, 0.05) is 5.02 Å². The first-order chi connectivity index (χ1) is 13.0. The first-order valence-electron chi connectivity index (χ1n) is 8.55. The minimum atomic E-state index is 0.344. The molecular weight excluding hydrogens is 364 g/mol. The summed E-state index contributed by atoms with van der Waals surface area (Å²) in [5.41, 5.74) is 8.50. The summed E-state index contributed by atoms with van der Waals surface area (Å²) in [5.74, 6) is 1.67. The van der Waals surface area contributed by atoms with Crippen LogP contribution in [0.5, 0.6) is 11.5 Å². The lowest BCUT2D eigenvalue weighted by Crippen LogP contribution is -2.01. The molecule has 0 aliphatic carbocycles. The SMILES string of the molecule is CCOc1cc(C=Nn2cc(C)nc2N)ccc1OCc1ccc(Cl)cc1. The van der Waals surface area contributed by atoms with Crippen LogP contribution < -0.4 is 15.2 Å². The smallest absolute Gasteiger partial charge is 0.221 e. The second kappa shape index (κ2) is 8.60. The molecule has 0 saturated carbocycles. The maximum atomic E-state index is 5.91. The van der Waals surface area contributed by atoms with E-state index in [9.17, 15) is 0 Å². The van der Waals surface area contributed by atoms with E-state index in [0.29, 0.717) is 35.7 Å². The number of rotatable bonds is 7. The number of hydrogen-bond donors (Lipinski definition) is 1. The molecule has 2 aromatic carbocycles. The van der Waals surface area contributed by atoms with Gasteiger partial charge in [0.25, 0.3) is 0 Å². The lowest BCUT2D eigenvalue weighted by Gasteiger charge is -2.12. The number of imidazole rings is 1. The first-order valence-corrected chi connectivity index (χ1v) is 8.93. The molecule has 1 heterocycles. The number of ether oxygens (including phenoxy) is 2. The lowest BCUT2D eigenvalue weighted by atomic mass is 10.2. The van der Waals surface area contributed by atoms with Crippen LogP contribution in [-0.2, 0) is 6.61 Å². The summed E-state index contributed by atoms with van der Waals surface area (Å²) in [5, 5.41) is 5.02. The van der Waals surface area contributed by atoms with E-state index in [0.717, 1.165) is 16.8 Å². The largest absolute Gasteiger partial charge is 0.490 e. The third-order valence-electron chi connectivity index (χ3n) is 3.74. The molecule has 0 bridgehead atoms. The Bertz CT molecular complexity index is 936. The van der Waals surface area contributed by atoms with Crippen molar-refractivity contribution in [3.63, 3.8) is 0 Å². The fourth-order valence-corrected chi connectivity index (χ4v) is 2.59. The van der Waals surface area contributed by atoms with Gasteiger partial charge >= 0.3 is 0 Å². The van der Waals surface area contributed by atoms with Crippen LogP contribution in [0.3, 0.4) is 0 Å². The highest BCUT2D eigenvalue weighted by Gasteiger charge is 2.07. The number of anilines is 1. The van der Waals surface area contributed by atoms with Crippen LogP contribution in [0.2, 0.25) is 5.02 Å². The fourth-order valence-electron chi connectivity index (χ4n) is 2.46. The average molecular weight is 385 g/mol. The fraction of sp³-hybridized carbons (Fsp3) is 0.200. The summed E-state index contributed by atoms with van der Waals surface area (Å²) < 4.78 is 13.1. The highest BCUT2D eigenvalue weighted by atomic mass is 35.5. The van der Waals surface area contributed by atoms with E-state index in [1.54, 1.807) is 12.4 Å². The summed E-state index contributed by atoms with van der Waals surface area (Å²) in [6, 6.07) is 13.2. The van der Waals surface area contributed by atoms with Crippen LogP contribution in [0.15, 0.2) is 53.8 Å². The van der Waals surface area contributed by atoms with Gasteiger partial charge in [0.1, 0.15) is 6.61 Å². The van der Waals surface area contributed by atoms with Crippen molar-refractivity contribution in [3.05, 3.63) is 70.5 Å². The number of nitrogens with two attached hydrogens (primary N) is 1. The molecule has 0 aliphatic heterocycles. The predicted octanol–water partition coefficient (Wildman–Crippen LogP) is 4.29. The summed E-state index contributed by atoms with van der Waals surface area (Å²) in [6.07, 6.45) is 3.46. The second-order valence-electron chi connectivity index (χ2n) is 5.88. The van der Waals surface area contributed by atoms with E-state index in [4.69, 9.17) is 26.8 Å². The van der Waals surface area contributed by atoms with E-state index < -0.39 is 0 Å². The van der Waals surface area contributed by atoms with Gasteiger partial charge in [0.2, 0.25) is 5.95 Å². The highest BCUT2D eigenvalue weighted by molar-refractivity contribution is 6.30. The van der Waals surface area contributed by atoms with Gasteiger partial charge in [-0.25, -0.2) is 9.66 Å². The Labute approximate surface area is 163 Å². The third-order valence-corrected chi connectivity index (χ3v) is 3.99. The van der Waals surface area contributed by atoms with Crippen molar-refractivity contribution in [2.75, 3.05) is 12.3 Å². The van der Waals surface area contributed by atoms with Gasteiger partial charge in [0.05, 0.1) is 24.7 Å². The zero-order valence-corrected chi connectivity index (χ0v) is 16.0. The molecule has 0 saturated heterocycles. The molecule has 140 valence electrons. The van der Waals surface area contributed by atoms with Gasteiger partial charge in [-0.05, 0) is 55.3 Å². The van der Waals surface area contributed by atoms with E-state index in [1.165, 1.54) is 4.68 Å². The van der Waals surface area contributed by atoms with Crippen molar-refractivity contribution in [3.8, 4) is 11.5 Å². The van der Waals surface area contributed by atoms with Crippen molar-refractivity contribution < 1.29 is 9.47 Å². The zero-order valence-electron chi connectivity index (χ0n) is 15.2. The minimum absolute atomic E-state index is 0.344. The molecule has 0 aliphatic rings. The van der Waals surface area contributed by atoms with Crippen LogP contribution in [0.4, 0.5) is 5.95 Å². The van der Waals surface area contributed by atoms with Crippen molar-refractivity contribution in [2.24, 2.45) is 5.10 Å². The molecule has 1 aromatic heterocycles. The van der Waals surface area contributed by atoms with Crippen molar-refractivity contribution in [1.82, 2.24) is 9.66 Å². The monoisotopic (exact) mass is 384 g/mol. The Morgan fingerprint density at radius 1 is 1.15 bits per heavy atom. The Morgan fingerprint density at radius 3 is 2.59 bits per heavy atom. The van der Waals surface area contributed by atoms with Crippen molar-refractivity contribution in [2.45, 2.75) is 20.5 Å². The molecule has 7 heteroatoms. The maximum Gasteiger partial charge on any atom is 0.221 e. The number of nitrogen functional groups attached to an aromatic ring is 1. The molecule has 3 aromatic rings. The van der Waals surface area contributed by atoms with E-state index in [2.05, 4.69) is 10.1 Å². The van der Waals surface area contributed by atoms with Gasteiger partial charge in [0.15, 0.2) is 11.5 Å². The summed E-state index contributed by atoms with van der Waals surface area (Å²) in [6.45, 7) is 4.75. The van der Waals surface area contributed by atoms with E-state index >= 15 is 0 Å². The molecule has 3 rings (SSSR count). The summed E-state index contributed by atoms with van der Waals surface area (Å²) in [7, 11) is 0. The highest BCUT2D eigenvalue weighted by Crippen LogP contribution is 2.29. The summed E-state index contributed by atoms with van der Waals surface area (Å²) in [4.78, 5) is 4.12. The Morgan fingerprint density at radius 2 is 1.93 bits per heavy atom. The molecule has 6 nitrogen and oxygen atoms in total. The van der Waals surface area contributed by atoms with E-state index in [-0.39, 0.29) is 0 Å². The van der Waals surface area contributed by atoms with Crippen molar-refractivity contribution >= 4 is 23.8 Å². The van der Waals surface area contributed by atoms with Gasteiger partial charge < -0.3 is 15.2 Å². The van der Waals surface area contributed by atoms with Gasteiger partial charge in [-0.1, -0.05) is 23.7 Å². The van der Waals surface area contributed by atoms with Crippen LogP contribution >= 0.6 is 11.6 Å². The van der Waals surface area contributed by atoms with Crippen LogP contribution in [-0.4, -0.2) is 22.5 Å². The third kappa shape index (κ3) is 5.01. The molecule has 0 radical (unpaired) electrons. The number of aromatic nitrogens is 2. The topological polar surface area (TPSA) is 74.7 Å². The van der Waals surface area contributed by atoms with Crippen molar-refractivity contribution in [1.29, 1.82) is 0 Å². The molecule has 2 N–H and O–H groups in total. The number of aryl methyl sites for hydroxylation is 1. The molecule has 0 atom stereocenters. The van der Waals surface area contributed by atoms with Gasteiger partial charge in [-0.15, -0.1) is 0 Å². The minimum Gasteiger partial charge on any atom is -0.490 e. The molecule has 27 heavy (non-hydrogen) atoms. The number of halogens is 1. The van der Waals surface area contributed by atoms with Crippen LogP contribution in [0.1, 0.15) is 23.7 Å². The van der Waals surface area contributed by atoms with E-state index in [1.807, 2.05) is 56.3 Å². The number of nitrogens with zero attached hydrogens (tertiary/aromatic N) is 3. The van der Waals surface area contributed by atoms with Gasteiger partial charge in [-0.2, -0.15) is 5.10 Å². The first kappa shape index (κ1) is 18.8. The standard InChI is InChI=1S/C20H21ClN4O2/c1-3-26-19-10-16(11-23-25-12-14(2)24-20(25)22)6-9-18(19)27-13-15-4-7-17(21)8-5-15/h4-12H,3,13H2,1-2H3,(H2,22,24). The molecule has 0 unspecified atom stereocenters.